The Labute approximate surface area is 177 Å². The number of sulfone groups is 1. The average Bonchev–Trinajstić information content (AvgIpc) is 2.69. The van der Waals surface area contributed by atoms with Crippen LogP contribution in [0.5, 0.6) is 0 Å². The van der Waals surface area contributed by atoms with E-state index in [1.807, 2.05) is 7.05 Å². The first-order valence-electron chi connectivity index (χ1n) is 10.6. The molecule has 1 aromatic carbocycles. The zero-order valence-electron chi connectivity index (χ0n) is 17.3. The molecular formula is C21H30FN3O4S. The Hall–Kier alpha value is -1.71. The molecule has 3 aliphatic rings. The molecule has 2 saturated heterocycles. The van der Waals surface area contributed by atoms with Gasteiger partial charge in [0.25, 0.3) is 0 Å². The van der Waals surface area contributed by atoms with Crippen LogP contribution in [0.15, 0.2) is 24.3 Å². The maximum atomic E-state index is 13.7. The number of hydrogen-bond donors (Lipinski definition) is 1. The highest BCUT2D eigenvalue weighted by molar-refractivity contribution is 7.92. The van der Waals surface area contributed by atoms with Gasteiger partial charge in [0, 0.05) is 12.6 Å². The number of nitrogens with one attached hydrogen (secondary N) is 1. The molecule has 3 fully saturated rings. The van der Waals surface area contributed by atoms with Gasteiger partial charge in [-0.15, -0.1) is 0 Å². The number of nitrogens with zero attached hydrogens (tertiary/aromatic N) is 2. The summed E-state index contributed by atoms with van der Waals surface area (Å²) in [4.78, 5) is 16.0. The van der Waals surface area contributed by atoms with Crippen LogP contribution in [0.2, 0.25) is 0 Å². The van der Waals surface area contributed by atoms with Crippen molar-refractivity contribution in [3.8, 4) is 0 Å². The fraction of sp³-hybridized carbons (Fsp3) is 0.667. The van der Waals surface area contributed by atoms with Crippen LogP contribution in [0.4, 0.5) is 14.9 Å². The molecule has 2 heterocycles. The topological polar surface area (TPSA) is 79.0 Å². The van der Waals surface area contributed by atoms with Crippen LogP contribution in [-0.2, 0) is 14.6 Å². The molecule has 2 amide bonds. The van der Waals surface area contributed by atoms with Crippen molar-refractivity contribution in [3.05, 3.63) is 30.1 Å². The smallest absolute Gasteiger partial charge is 0.322 e. The van der Waals surface area contributed by atoms with E-state index in [0.717, 1.165) is 12.8 Å². The summed E-state index contributed by atoms with van der Waals surface area (Å²) < 4.78 is 45.6. The van der Waals surface area contributed by atoms with Gasteiger partial charge in [0.15, 0.2) is 9.84 Å². The van der Waals surface area contributed by atoms with Gasteiger partial charge >= 0.3 is 6.03 Å². The van der Waals surface area contributed by atoms with Crippen molar-refractivity contribution in [2.75, 3.05) is 44.4 Å². The summed E-state index contributed by atoms with van der Waals surface area (Å²) in [6, 6.07) is 5.94. The molecule has 1 atom stereocenters. The number of hydrogen-bond acceptors (Lipinski definition) is 5. The summed E-state index contributed by atoms with van der Waals surface area (Å²) in [6.45, 7) is 1.03. The van der Waals surface area contributed by atoms with Crippen LogP contribution < -0.4 is 5.32 Å². The number of rotatable bonds is 4. The number of carbonyl (C=O) groups excluding carboxylic acids is 1. The van der Waals surface area contributed by atoms with Crippen molar-refractivity contribution < 1.29 is 22.3 Å². The summed E-state index contributed by atoms with van der Waals surface area (Å²) in [5, 5.41) is 2.00. The summed E-state index contributed by atoms with van der Waals surface area (Å²) in [7, 11) is -1.32. The number of halogens is 1. The minimum atomic E-state index is -3.33. The third-order valence-electron chi connectivity index (χ3n) is 6.60. The Morgan fingerprint density at radius 3 is 2.63 bits per heavy atom. The molecule has 0 bridgehead atoms. The van der Waals surface area contributed by atoms with Crippen molar-refractivity contribution >= 4 is 21.6 Å². The van der Waals surface area contributed by atoms with Gasteiger partial charge in [-0.25, -0.2) is 17.6 Å². The largest absolute Gasteiger partial charge is 0.369 e. The molecule has 0 aromatic heterocycles. The number of benzene rings is 1. The molecule has 2 aliphatic heterocycles. The second-order valence-electron chi connectivity index (χ2n) is 8.92. The summed E-state index contributed by atoms with van der Waals surface area (Å²) in [5.74, 6) is -0.588. The number of likely N-dealkylation sites (tertiary alicyclic amines) is 1. The predicted molar refractivity (Wildman–Crippen MR) is 113 cm³/mol. The minimum Gasteiger partial charge on any atom is -0.369 e. The normalized spacial score (nSPS) is 25.8. The summed E-state index contributed by atoms with van der Waals surface area (Å²) in [6.07, 6.45) is 5.92. The Balaban J connectivity index is 1.31. The highest BCUT2D eigenvalue weighted by Gasteiger charge is 2.54. The molecule has 0 radical (unpaired) electrons. The molecule has 1 N–H and O–H groups in total. The standard InChI is InChI=1S/C21H30FN3O4S/c1-24(16-7-3-2-4-8-16)11-17-12-29-21(15-30(17,27)28)13-25(14-21)20(26)23-19-10-6-5-9-18(19)22/h5-6,9-10,16-17H,2-4,7-8,11-15H2,1H3,(H,23,26)/t17-/m0/s1. The predicted octanol–water partition coefficient (Wildman–Crippen LogP) is 2.49. The highest BCUT2D eigenvalue weighted by Crippen LogP contribution is 2.34. The fourth-order valence-electron chi connectivity index (χ4n) is 4.79. The first kappa shape index (κ1) is 21.5. The molecule has 7 nitrogen and oxygen atoms in total. The van der Waals surface area contributed by atoms with E-state index in [1.165, 1.54) is 36.3 Å². The molecule has 1 aliphatic carbocycles. The maximum absolute atomic E-state index is 13.7. The van der Waals surface area contributed by atoms with E-state index in [0.29, 0.717) is 12.6 Å². The van der Waals surface area contributed by atoms with Gasteiger partial charge in [-0.3, -0.25) is 0 Å². The number of urea groups is 1. The van der Waals surface area contributed by atoms with E-state index in [9.17, 15) is 17.6 Å². The first-order chi connectivity index (χ1) is 14.3. The molecule has 4 rings (SSSR count). The van der Waals surface area contributed by atoms with E-state index in [-0.39, 0.29) is 31.1 Å². The Morgan fingerprint density at radius 2 is 1.97 bits per heavy atom. The highest BCUT2D eigenvalue weighted by atomic mass is 32.2. The van der Waals surface area contributed by atoms with Gasteiger partial charge in [0.1, 0.15) is 11.4 Å². The van der Waals surface area contributed by atoms with E-state index >= 15 is 0 Å². The third-order valence-corrected chi connectivity index (χ3v) is 8.83. The monoisotopic (exact) mass is 439 g/mol. The lowest BCUT2D eigenvalue weighted by Gasteiger charge is -2.52. The Kier molecular flexibility index (Phi) is 6.05. The zero-order valence-corrected chi connectivity index (χ0v) is 18.2. The lowest BCUT2D eigenvalue weighted by Crippen LogP contribution is -2.71. The number of anilines is 1. The van der Waals surface area contributed by atoms with Crippen LogP contribution in [0.25, 0.3) is 0 Å². The number of amides is 2. The van der Waals surface area contributed by atoms with Crippen LogP contribution in [0, 0.1) is 5.82 Å². The summed E-state index contributed by atoms with van der Waals surface area (Å²) >= 11 is 0. The van der Waals surface area contributed by atoms with Gasteiger partial charge < -0.3 is 19.9 Å². The van der Waals surface area contributed by atoms with Gasteiger partial charge in [0.2, 0.25) is 0 Å². The lowest BCUT2D eigenvalue weighted by molar-refractivity contribution is -0.117. The van der Waals surface area contributed by atoms with E-state index < -0.39 is 32.5 Å². The number of carbonyl (C=O) groups is 1. The second-order valence-corrected chi connectivity index (χ2v) is 11.2. The van der Waals surface area contributed by atoms with Crippen molar-refractivity contribution in [2.24, 2.45) is 0 Å². The Morgan fingerprint density at radius 1 is 1.27 bits per heavy atom. The minimum absolute atomic E-state index is 0.0767. The SMILES string of the molecule is CN(C[C@H]1COC2(CN(C(=O)Nc3ccccc3F)C2)CS1(=O)=O)C1CCCCC1. The van der Waals surface area contributed by atoms with Crippen molar-refractivity contribution in [2.45, 2.75) is 49.0 Å². The fourth-order valence-corrected chi connectivity index (χ4v) is 6.76. The first-order valence-corrected chi connectivity index (χ1v) is 12.4. The van der Waals surface area contributed by atoms with Crippen LogP contribution in [0.1, 0.15) is 32.1 Å². The number of para-hydroxylation sites is 1. The van der Waals surface area contributed by atoms with E-state index in [4.69, 9.17) is 4.74 Å². The van der Waals surface area contributed by atoms with Crippen LogP contribution >= 0.6 is 0 Å². The molecule has 166 valence electrons. The molecule has 0 unspecified atom stereocenters. The number of ether oxygens (including phenoxy) is 1. The zero-order chi connectivity index (χ0) is 21.4. The van der Waals surface area contributed by atoms with Crippen LogP contribution in [0.3, 0.4) is 0 Å². The van der Waals surface area contributed by atoms with E-state index in [2.05, 4.69) is 10.2 Å². The van der Waals surface area contributed by atoms with Crippen LogP contribution in [-0.4, -0.2) is 80.2 Å². The average molecular weight is 440 g/mol. The second kappa shape index (κ2) is 8.43. The maximum Gasteiger partial charge on any atom is 0.322 e. The molecule has 30 heavy (non-hydrogen) atoms. The third kappa shape index (κ3) is 4.48. The quantitative estimate of drug-likeness (QED) is 0.780. The van der Waals surface area contributed by atoms with Crippen molar-refractivity contribution in [1.82, 2.24) is 9.80 Å². The summed E-state index contributed by atoms with van der Waals surface area (Å²) in [5.41, 5.74) is -0.739. The van der Waals surface area contributed by atoms with Gasteiger partial charge in [0.05, 0.1) is 36.4 Å². The van der Waals surface area contributed by atoms with Gasteiger partial charge in [-0.1, -0.05) is 31.4 Å². The van der Waals surface area contributed by atoms with Crippen molar-refractivity contribution in [3.63, 3.8) is 0 Å². The Bertz CT molecular complexity index is 882. The molecular weight excluding hydrogens is 409 g/mol. The lowest BCUT2D eigenvalue weighted by atomic mass is 9.94. The molecule has 9 heteroatoms. The molecule has 1 aromatic rings. The molecule has 1 saturated carbocycles. The van der Waals surface area contributed by atoms with Crippen molar-refractivity contribution in [1.29, 1.82) is 0 Å². The molecule has 1 spiro atoms. The van der Waals surface area contributed by atoms with Gasteiger partial charge in [-0.05, 0) is 32.0 Å². The van der Waals surface area contributed by atoms with Gasteiger partial charge in [-0.2, -0.15) is 0 Å². The van der Waals surface area contributed by atoms with E-state index in [1.54, 1.807) is 12.1 Å².